The van der Waals surface area contributed by atoms with Crippen LogP contribution in [0.1, 0.15) is 49.3 Å². The van der Waals surface area contributed by atoms with E-state index in [9.17, 15) is 14.0 Å². The number of nitrogens with one attached hydrogen (secondary N) is 1. The highest BCUT2D eigenvalue weighted by atomic mass is 19.1. The maximum absolute atomic E-state index is 13.9. The number of hydrogen-bond donors (Lipinski definition) is 2. The predicted molar refractivity (Wildman–Crippen MR) is 112 cm³/mol. The molecule has 1 unspecified atom stereocenters. The number of amides is 2. The summed E-state index contributed by atoms with van der Waals surface area (Å²) in [6.07, 6.45) is 5.19. The van der Waals surface area contributed by atoms with Crippen LogP contribution >= 0.6 is 0 Å². The van der Waals surface area contributed by atoms with E-state index in [1.807, 2.05) is 31.2 Å². The molecule has 1 saturated carbocycles. The summed E-state index contributed by atoms with van der Waals surface area (Å²) in [5.74, 6) is -1.19. The summed E-state index contributed by atoms with van der Waals surface area (Å²) in [6.45, 7) is 1.61. The Morgan fingerprint density at radius 3 is 2.52 bits per heavy atom. The second kappa shape index (κ2) is 9.65. The van der Waals surface area contributed by atoms with Crippen LogP contribution in [0, 0.1) is 12.7 Å². The van der Waals surface area contributed by atoms with Crippen molar-refractivity contribution in [3.8, 4) is 0 Å². The Hall–Kier alpha value is -2.73. The molecule has 0 heterocycles. The molecule has 0 bridgehead atoms. The van der Waals surface area contributed by atoms with Gasteiger partial charge in [-0.2, -0.15) is 0 Å². The lowest BCUT2D eigenvalue weighted by Gasteiger charge is -2.34. The summed E-state index contributed by atoms with van der Waals surface area (Å²) < 4.78 is 13.9. The van der Waals surface area contributed by atoms with Gasteiger partial charge in [-0.25, -0.2) is 4.39 Å². The van der Waals surface area contributed by atoms with Crippen LogP contribution in [-0.4, -0.2) is 24.4 Å². The summed E-state index contributed by atoms with van der Waals surface area (Å²) >= 11 is 0. The number of carbonyl (C=O) groups excluding carboxylic acids is 2. The molecule has 29 heavy (non-hydrogen) atoms. The first kappa shape index (κ1) is 21.0. The van der Waals surface area contributed by atoms with Gasteiger partial charge in [0.15, 0.2) is 0 Å². The lowest BCUT2D eigenvalue weighted by atomic mass is 9.93. The number of carbonyl (C=O) groups is 2. The van der Waals surface area contributed by atoms with Crippen LogP contribution in [0.5, 0.6) is 0 Å². The minimum absolute atomic E-state index is 0.0881. The van der Waals surface area contributed by atoms with Crippen LogP contribution < -0.4 is 16.0 Å². The average Bonchev–Trinajstić information content (AvgIpc) is 2.73. The third-order valence-corrected chi connectivity index (χ3v) is 5.47. The number of halogens is 1. The molecule has 6 heteroatoms. The number of anilines is 1. The number of benzene rings is 2. The first-order chi connectivity index (χ1) is 14.0. The summed E-state index contributed by atoms with van der Waals surface area (Å²) in [5.41, 5.74) is 7.56. The largest absolute Gasteiger partial charge is 0.351 e. The molecule has 0 spiro atoms. The number of rotatable bonds is 6. The van der Waals surface area contributed by atoms with Gasteiger partial charge in [-0.1, -0.05) is 49.6 Å². The Morgan fingerprint density at radius 2 is 1.86 bits per heavy atom. The standard InChI is InChI=1S/C23H28FN3O2/c1-16-8-5-6-13-20(16)22(23(29)26-18-10-3-2-4-11-18)27(21(28)15-25)19-12-7-9-17(24)14-19/h5-9,12-14,18,22H,2-4,10-11,15,25H2,1H3,(H,26,29). The van der Waals surface area contributed by atoms with Crippen LogP contribution in [-0.2, 0) is 9.59 Å². The molecule has 154 valence electrons. The van der Waals surface area contributed by atoms with Crippen molar-refractivity contribution >= 4 is 17.5 Å². The van der Waals surface area contributed by atoms with Gasteiger partial charge in [0, 0.05) is 11.7 Å². The molecule has 0 aliphatic heterocycles. The summed E-state index contributed by atoms with van der Waals surface area (Å²) in [6, 6.07) is 12.3. The lowest BCUT2D eigenvalue weighted by Crippen LogP contribution is -2.49. The van der Waals surface area contributed by atoms with Gasteiger partial charge in [-0.3, -0.25) is 14.5 Å². The van der Waals surface area contributed by atoms with Crippen molar-refractivity contribution in [2.24, 2.45) is 5.73 Å². The molecule has 0 radical (unpaired) electrons. The first-order valence-electron chi connectivity index (χ1n) is 10.1. The predicted octanol–water partition coefficient (Wildman–Crippen LogP) is 3.62. The fourth-order valence-electron chi connectivity index (χ4n) is 3.98. The highest BCUT2D eigenvalue weighted by Gasteiger charge is 2.34. The van der Waals surface area contributed by atoms with Gasteiger partial charge in [0.05, 0.1) is 6.54 Å². The van der Waals surface area contributed by atoms with Crippen LogP contribution in [0.15, 0.2) is 48.5 Å². The molecule has 1 aliphatic rings. The zero-order chi connectivity index (χ0) is 20.8. The molecular formula is C23H28FN3O2. The van der Waals surface area contributed by atoms with Gasteiger partial charge in [0.2, 0.25) is 11.8 Å². The summed E-state index contributed by atoms with van der Waals surface area (Å²) in [4.78, 5) is 27.6. The maximum atomic E-state index is 13.9. The van der Waals surface area contributed by atoms with Crippen LogP contribution in [0.2, 0.25) is 0 Å². The Morgan fingerprint density at radius 1 is 1.14 bits per heavy atom. The van der Waals surface area contributed by atoms with E-state index in [0.717, 1.165) is 31.2 Å². The van der Waals surface area contributed by atoms with Crippen molar-refractivity contribution in [2.45, 2.75) is 51.1 Å². The molecule has 5 nitrogen and oxygen atoms in total. The Balaban J connectivity index is 2.04. The van der Waals surface area contributed by atoms with Crippen LogP contribution in [0.25, 0.3) is 0 Å². The first-order valence-corrected chi connectivity index (χ1v) is 10.1. The minimum atomic E-state index is -0.920. The van der Waals surface area contributed by atoms with E-state index in [-0.39, 0.29) is 18.5 Å². The van der Waals surface area contributed by atoms with Crippen molar-refractivity contribution in [2.75, 3.05) is 11.4 Å². The topological polar surface area (TPSA) is 75.4 Å². The summed E-state index contributed by atoms with van der Waals surface area (Å²) in [7, 11) is 0. The molecule has 2 aromatic rings. The minimum Gasteiger partial charge on any atom is -0.351 e. The molecule has 3 rings (SSSR count). The van der Waals surface area contributed by atoms with Crippen molar-refractivity contribution in [1.29, 1.82) is 0 Å². The molecule has 1 aliphatic carbocycles. The highest BCUT2D eigenvalue weighted by Crippen LogP contribution is 2.31. The van der Waals surface area contributed by atoms with Gasteiger partial charge in [-0.05, 0) is 49.1 Å². The second-order valence-corrected chi connectivity index (χ2v) is 7.55. The zero-order valence-electron chi connectivity index (χ0n) is 16.7. The molecule has 3 N–H and O–H groups in total. The molecule has 1 fully saturated rings. The number of nitrogens with zero attached hydrogens (tertiary/aromatic N) is 1. The normalized spacial score (nSPS) is 15.6. The molecule has 2 amide bonds. The van der Waals surface area contributed by atoms with Crippen molar-refractivity contribution in [3.05, 3.63) is 65.5 Å². The SMILES string of the molecule is Cc1ccccc1C(C(=O)NC1CCCCC1)N(C(=O)CN)c1cccc(F)c1. The van der Waals surface area contributed by atoms with E-state index < -0.39 is 17.8 Å². The number of nitrogens with two attached hydrogens (primary N) is 1. The van der Waals surface area contributed by atoms with Crippen LogP contribution in [0.3, 0.4) is 0 Å². The van der Waals surface area contributed by atoms with E-state index in [1.165, 1.54) is 29.5 Å². The van der Waals surface area contributed by atoms with E-state index in [0.29, 0.717) is 11.3 Å². The summed E-state index contributed by atoms with van der Waals surface area (Å²) in [5, 5.41) is 3.12. The van der Waals surface area contributed by atoms with Crippen LogP contribution in [0.4, 0.5) is 10.1 Å². The fraction of sp³-hybridized carbons (Fsp3) is 0.391. The van der Waals surface area contributed by atoms with Gasteiger partial charge >= 0.3 is 0 Å². The van der Waals surface area contributed by atoms with Crippen molar-refractivity contribution in [1.82, 2.24) is 5.32 Å². The molecule has 2 aromatic carbocycles. The Kier molecular flexibility index (Phi) is 6.99. The van der Waals surface area contributed by atoms with Crippen molar-refractivity contribution in [3.63, 3.8) is 0 Å². The smallest absolute Gasteiger partial charge is 0.248 e. The zero-order valence-corrected chi connectivity index (χ0v) is 16.7. The fourth-order valence-corrected chi connectivity index (χ4v) is 3.98. The van der Waals surface area contributed by atoms with E-state index >= 15 is 0 Å². The molecule has 0 saturated heterocycles. The maximum Gasteiger partial charge on any atom is 0.248 e. The third kappa shape index (κ3) is 5.01. The Bertz CT molecular complexity index is 865. The average molecular weight is 397 g/mol. The molecular weight excluding hydrogens is 369 g/mol. The van der Waals surface area contributed by atoms with Gasteiger partial charge in [-0.15, -0.1) is 0 Å². The van der Waals surface area contributed by atoms with E-state index in [2.05, 4.69) is 5.32 Å². The lowest BCUT2D eigenvalue weighted by molar-refractivity contribution is -0.126. The van der Waals surface area contributed by atoms with Gasteiger partial charge in [0.25, 0.3) is 0 Å². The van der Waals surface area contributed by atoms with E-state index in [4.69, 9.17) is 5.73 Å². The number of aryl methyl sites for hydroxylation is 1. The second-order valence-electron chi connectivity index (χ2n) is 7.55. The van der Waals surface area contributed by atoms with Crippen molar-refractivity contribution < 1.29 is 14.0 Å². The molecule has 1 atom stereocenters. The van der Waals surface area contributed by atoms with Gasteiger partial charge < -0.3 is 11.1 Å². The quantitative estimate of drug-likeness (QED) is 0.782. The highest BCUT2D eigenvalue weighted by molar-refractivity contribution is 6.02. The number of hydrogen-bond acceptors (Lipinski definition) is 3. The Labute approximate surface area is 171 Å². The monoisotopic (exact) mass is 397 g/mol. The molecule has 0 aromatic heterocycles. The third-order valence-electron chi connectivity index (χ3n) is 5.47. The van der Waals surface area contributed by atoms with Gasteiger partial charge in [0.1, 0.15) is 11.9 Å². The van der Waals surface area contributed by atoms with E-state index in [1.54, 1.807) is 6.07 Å².